The number of non-ortho nitro benzene ring substituents is 1. The smallest absolute Gasteiger partial charge is 0.295 e. The Balaban J connectivity index is 1.90. The number of nitro groups is 1. The number of nitrogens with zero attached hydrogens (tertiary/aromatic N) is 3. The molecule has 0 spiro atoms. The lowest BCUT2D eigenvalue weighted by molar-refractivity contribution is -0.384. The molecule has 0 bridgehead atoms. The lowest BCUT2D eigenvalue weighted by Gasteiger charge is -2.01. The van der Waals surface area contributed by atoms with E-state index in [0.29, 0.717) is 17.1 Å². The molecule has 2 heterocycles. The molecule has 0 aliphatic rings. The van der Waals surface area contributed by atoms with Gasteiger partial charge in [-0.3, -0.25) is 20.0 Å². The van der Waals surface area contributed by atoms with Gasteiger partial charge in [0.25, 0.3) is 11.2 Å². The highest BCUT2D eigenvalue weighted by Crippen LogP contribution is 2.26. The Kier molecular flexibility index (Phi) is 3.96. The highest BCUT2D eigenvalue weighted by Gasteiger charge is 2.13. The summed E-state index contributed by atoms with van der Waals surface area (Å²) < 4.78 is 6.45. The van der Waals surface area contributed by atoms with Crippen molar-refractivity contribution in [3.05, 3.63) is 73.1 Å². The molecule has 0 radical (unpaired) electrons. The number of nitrogens with two attached hydrogens (primary N) is 1. The Labute approximate surface area is 139 Å². The first-order chi connectivity index (χ1) is 11.5. The molecule has 3 N–H and O–H groups in total. The first-order valence-electron chi connectivity index (χ1n) is 6.75. The fraction of sp³-hybridized carbons (Fsp3) is 0.0714. The molecule has 0 unspecified atom stereocenters. The van der Waals surface area contributed by atoms with E-state index in [0.717, 1.165) is 4.68 Å². The van der Waals surface area contributed by atoms with Crippen LogP contribution in [0.2, 0.25) is 0 Å². The van der Waals surface area contributed by atoms with Crippen molar-refractivity contribution in [1.82, 2.24) is 14.9 Å². The first kappa shape index (κ1) is 15.6. The molecule has 9 nitrogen and oxygen atoms in total. The zero-order valence-electron chi connectivity index (χ0n) is 12.1. The first-order valence-corrected chi connectivity index (χ1v) is 7.16. The molecule has 0 aliphatic heterocycles. The standard InChI is InChI=1S/C14H11N5O4S/c15-18-13(20)11(16-17-14(18)24)7-10-4-5-12(23-10)8-2-1-3-9(6-8)19(21)22/h1-6H,7,15H2,(H,17,24). The molecule has 3 aromatic rings. The van der Waals surface area contributed by atoms with Gasteiger partial charge in [-0.25, -0.2) is 0 Å². The van der Waals surface area contributed by atoms with Gasteiger partial charge in [-0.1, -0.05) is 12.1 Å². The average molecular weight is 345 g/mol. The van der Waals surface area contributed by atoms with E-state index >= 15 is 0 Å². The molecular weight excluding hydrogens is 334 g/mol. The van der Waals surface area contributed by atoms with Gasteiger partial charge < -0.3 is 10.3 Å². The Morgan fingerprint density at radius 3 is 2.92 bits per heavy atom. The summed E-state index contributed by atoms with van der Waals surface area (Å²) in [4.78, 5) is 22.3. The Bertz CT molecular complexity index is 1040. The lowest BCUT2D eigenvalue weighted by atomic mass is 10.1. The van der Waals surface area contributed by atoms with Crippen LogP contribution in [0.4, 0.5) is 5.69 Å². The third-order valence-corrected chi connectivity index (χ3v) is 3.60. The van der Waals surface area contributed by atoms with Crippen LogP contribution >= 0.6 is 12.2 Å². The van der Waals surface area contributed by atoms with Crippen molar-refractivity contribution in [1.29, 1.82) is 0 Å². The fourth-order valence-corrected chi connectivity index (χ4v) is 2.26. The van der Waals surface area contributed by atoms with E-state index in [1.807, 2.05) is 0 Å². The summed E-state index contributed by atoms with van der Waals surface area (Å²) in [5, 5.41) is 17.2. The Morgan fingerprint density at radius 2 is 2.17 bits per heavy atom. The number of furan rings is 1. The van der Waals surface area contributed by atoms with Crippen LogP contribution in [0.25, 0.3) is 11.3 Å². The molecule has 0 amide bonds. The molecule has 24 heavy (non-hydrogen) atoms. The molecule has 1 aromatic carbocycles. The van der Waals surface area contributed by atoms with Gasteiger partial charge in [0.1, 0.15) is 17.2 Å². The number of H-pyrrole nitrogens is 1. The van der Waals surface area contributed by atoms with Gasteiger partial charge in [-0.05, 0) is 24.4 Å². The maximum Gasteiger partial charge on any atom is 0.295 e. The summed E-state index contributed by atoms with van der Waals surface area (Å²) >= 11 is 4.81. The summed E-state index contributed by atoms with van der Waals surface area (Å²) in [7, 11) is 0. The topological polar surface area (TPSA) is 133 Å². The molecule has 0 fully saturated rings. The van der Waals surface area contributed by atoms with Gasteiger partial charge in [0.15, 0.2) is 0 Å². The second-order valence-corrected chi connectivity index (χ2v) is 5.29. The van der Waals surface area contributed by atoms with Gasteiger partial charge in [-0.15, -0.1) is 0 Å². The number of nitro benzene ring substituents is 1. The Morgan fingerprint density at radius 1 is 1.38 bits per heavy atom. The van der Waals surface area contributed by atoms with Crippen molar-refractivity contribution >= 4 is 17.9 Å². The predicted molar refractivity (Wildman–Crippen MR) is 87.4 cm³/mol. The lowest BCUT2D eigenvalue weighted by Crippen LogP contribution is -2.32. The minimum absolute atomic E-state index is 0.0143. The molecule has 10 heteroatoms. The van der Waals surface area contributed by atoms with Crippen LogP contribution in [-0.2, 0) is 6.42 Å². The van der Waals surface area contributed by atoms with E-state index in [2.05, 4.69) is 10.2 Å². The molecule has 0 aliphatic carbocycles. The van der Waals surface area contributed by atoms with Crippen LogP contribution in [0.3, 0.4) is 0 Å². The van der Waals surface area contributed by atoms with Gasteiger partial charge in [0, 0.05) is 17.7 Å². The number of hydrogen-bond acceptors (Lipinski definition) is 7. The third-order valence-electron chi connectivity index (χ3n) is 3.32. The summed E-state index contributed by atoms with van der Waals surface area (Å²) in [6.07, 6.45) is 0.108. The molecular formula is C14H11N5O4S. The van der Waals surface area contributed by atoms with Crippen molar-refractivity contribution in [3.8, 4) is 11.3 Å². The van der Waals surface area contributed by atoms with E-state index in [9.17, 15) is 14.9 Å². The maximum atomic E-state index is 12.0. The van der Waals surface area contributed by atoms with Gasteiger partial charge in [0.05, 0.1) is 11.3 Å². The SMILES string of the molecule is Nn1c(=S)[nH]nc(Cc2ccc(-c3cccc([N+](=O)[O-])c3)o2)c1=O. The average Bonchev–Trinajstić information content (AvgIpc) is 3.04. The number of aromatic nitrogens is 3. The van der Waals surface area contributed by atoms with Crippen molar-refractivity contribution < 1.29 is 9.34 Å². The van der Waals surface area contributed by atoms with Crippen molar-refractivity contribution in [3.63, 3.8) is 0 Å². The number of nitrogen functional groups attached to an aromatic ring is 1. The highest BCUT2D eigenvalue weighted by atomic mass is 32.1. The van der Waals surface area contributed by atoms with E-state index in [4.69, 9.17) is 22.5 Å². The van der Waals surface area contributed by atoms with Crippen LogP contribution in [0.15, 0.2) is 45.6 Å². The molecule has 2 aromatic heterocycles. The number of rotatable bonds is 4. The molecule has 122 valence electrons. The fourth-order valence-electron chi connectivity index (χ4n) is 2.13. The van der Waals surface area contributed by atoms with Crippen LogP contribution in [0.5, 0.6) is 0 Å². The van der Waals surface area contributed by atoms with Crippen LogP contribution < -0.4 is 11.4 Å². The summed E-state index contributed by atoms with van der Waals surface area (Å²) in [6, 6.07) is 9.40. The number of hydrogen-bond donors (Lipinski definition) is 2. The minimum atomic E-state index is -0.521. The minimum Gasteiger partial charge on any atom is -0.461 e. The molecule has 0 atom stereocenters. The van der Waals surface area contributed by atoms with Crippen molar-refractivity contribution in [2.45, 2.75) is 6.42 Å². The quantitative estimate of drug-likeness (QED) is 0.318. The van der Waals surface area contributed by atoms with E-state index in [1.165, 1.54) is 12.1 Å². The van der Waals surface area contributed by atoms with E-state index in [1.54, 1.807) is 24.3 Å². The number of aromatic amines is 1. The molecule has 0 saturated heterocycles. The highest BCUT2D eigenvalue weighted by molar-refractivity contribution is 7.71. The normalized spacial score (nSPS) is 10.7. The predicted octanol–water partition coefficient (Wildman–Crippen LogP) is 1.77. The van der Waals surface area contributed by atoms with Gasteiger partial charge in [-0.2, -0.15) is 9.77 Å². The van der Waals surface area contributed by atoms with Gasteiger partial charge >= 0.3 is 0 Å². The number of benzene rings is 1. The molecule has 3 rings (SSSR count). The monoisotopic (exact) mass is 345 g/mol. The second kappa shape index (κ2) is 6.08. The van der Waals surface area contributed by atoms with Crippen molar-refractivity contribution in [2.75, 3.05) is 5.84 Å². The largest absolute Gasteiger partial charge is 0.461 e. The molecule has 0 saturated carbocycles. The van der Waals surface area contributed by atoms with Crippen LogP contribution in [0, 0.1) is 14.9 Å². The zero-order valence-corrected chi connectivity index (χ0v) is 12.9. The third kappa shape index (κ3) is 2.94. The zero-order chi connectivity index (χ0) is 17.3. The van der Waals surface area contributed by atoms with E-state index in [-0.39, 0.29) is 22.6 Å². The van der Waals surface area contributed by atoms with Crippen molar-refractivity contribution in [2.24, 2.45) is 0 Å². The van der Waals surface area contributed by atoms with Gasteiger partial charge in [0.2, 0.25) is 4.77 Å². The van der Waals surface area contributed by atoms with Crippen LogP contribution in [0.1, 0.15) is 11.5 Å². The summed E-state index contributed by atoms with van der Waals surface area (Å²) in [5.41, 5.74) is 0.152. The Hall–Kier alpha value is -3.27. The number of nitrogens with one attached hydrogen (secondary N) is 1. The summed E-state index contributed by atoms with van der Waals surface area (Å²) in [6.45, 7) is 0. The van der Waals surface area contributed by atoms with E-state index < -0.39 is 10.5 Å². The second-order valence-electron chi connectivity index (χ2n) is 4.90. The van der Waals surface area contributed by atoms with Crippen LogP contribution in [-0.4, -0.2) is 19.8 Å². The maximum absolute atomic E-state index is 12.0. The summed E-state index contributed by atoms with van der Waals surface area (Å²) in [5.74, 6) is 6.43.